The van der Waals surface area contributed by atoms with Crippen LogP contribution in [0.1, 0.15) is 5.56 Å². The first-order valence-corrected chi connectivity index (χ1v) is 7.76. The van der Waals surface area contributed by atoms with E-state index in [0.717, 1.165) is 5.56 Å². The first-order valence-electron chi connectivity index (χ1n) is 6.28. The highest BCUT2D eigenvalue weighted by Gasteiger charge is 2.15. The molecule has 0 spiro atoms. The Bertz CT molecular complexity index is 724. The Morgan fingerprint density at radius 1 is 0.905 bits per heavy atom. The van der Waals surface area contributed by atoms with Crippen LogP contribution in [0.25, 0.3) is 0 Å². The zero-order valence-corrected chi connectivity index (χ0v) is 12.9. The average molecular weight is 307 g/mol. The molecule has 2 aromatic rings. The summed E-state index contributed by atoms with van der Waals surface area (Å²) in [5.74, 6) is 1.29. The van der Waals surface area contributed by atoms with Crippen molar-refractivity contribution < 1.29 is 17.9 Å². The Morgan fingerprint density at radius 2 is 1.48 bits per heavy atom. The van der Waals surface area contributed by atoms with Crippen LogP contribution >= 0.6 is 0 Å². The molecule has 2 aromatic carbocycles. The number of sulfonamides is 1. The molecule has 0 saturated heterocycles. The van der Waals surface area contributed by atoms with Crippen LogP contribution in [0, 0.1) is 6.92 Å². The van der Waals surface area contributed by atoms with Crippen molar-refractivity contribution in [2.75, 3.05) is 18.9 Å². The third-order valence-electron chi connectivity index (χ3n) is 3.05. The van der Waals surface area contributed by atoms with Gasteiger partial charge in [0, 0.05) is 0 Å². The molecule has 0 atom stereocenters. The summed E-state index contributed by atoms with van der Waals surface area (Å²) in [5.41, 5.74) is 1.30. The maximum atomic E-state index is 12.3. The summed E-state index contributed by atoms with van der Waals surface area (Å²) in [6, 6.07) is 11.4. The lowest BCUT2D eigenvalue weighted by molar-refractivity contribution is 0.414. The van der Waals surface area contributed by atoms with E-state index in [9.17, 15) is 8.42 Å². The molecule has 0 aromatic heterocycles. The lowest BCUT2D eigenvalue weighted by Crippen LogP contribution is -2.13. The Hall–Kier alpha value is -2.21. The van der Waals surface area contributed by atoms with Gasteiger partial charge in [-0.2, -0.15) is 0 Å². The molecular formula is C15H17NO4S. The van der Waals surface area contributed by atoms with E-state index >= 15 is 0 Å². The van der Waals surface area contributed by atoms with Crippen LogP contribution in [0.5, 0.6) is 11.5 Å². The zero-order chi connectivity index (χ0) is 15.5. The van der Waals surface area contributed by atoms with Gasteiger partial charge in [0.1, 0.15) is 11.5 Å². The number of aryl methyl sites for hydroxylation is 1. The van der Waals surface area contributed by atoms with Crippen molar-refractivity contribution in [2.45, 2.75) is 11.8 Å². The van der Waals surface area contributed by atoms with E-state index in [1.165, 1.54) is 19.2 Å². The van der Waals surface area contributed by atoms with Crippen molar-refractivity contribution in [3.63, 3.8) is 0 Å². The minimum absolute atomic E-state index is 0.179. The number of nitrogens with one attached hydrogen (secondary N) is 1. The summed E-state index contributed by atoms with van der Waals surface area (Å²) >= 11 is 0. The second-order valence-corrected chi connectivity index (χ2v) is 6.14. The van der Waals surface area contributed by atoms with Crippen molar-refractivity contribution in [3.8, 4) is 11.5 Å². The number of methoxy groups -OCH3 is 2. The van der Waals surface area contributed by atoms with Gasteiger partial charge in [-0.1, -0.05) is 0 Å². The molecule has 0 aliphatic carbocycles. The molecule has 0 radical (unpaired) electrons. The minimum atomic E-state index is -3.63. The Labute approximate surface area is 124 Å². The summed E-state index contributed by atoms with van der Waals surface area (Å²) in [4.78, 5) is 0.179. The fourth-order valence-corrected chi connectivity index (χ4v) is 2.97. The Kier molecular flexibility index (Phi) is 4.37. The number of ether oxygens (including phenoxy) is 2. The molecular weight excluding hydrogens is 290 g/mol. The second kappa shape index (κ2) is 6.05. The van der Waals surface area contributed by atoms with Crippen LogP contribution < -0.4 is 14.2 Å². The molecule has 0 bridgehead atoms. The summed E-state index contributed by atoms with van der Waals surface area (Å²) < 4.78 is 37.3. The lowest BCUT2D eigenvalue weighted by Gasteiger charge is -2.12. The standard InChI is InChI=1S/C15H17NO4S/c1-11-10-13(20-3)6-9-15(11)16-21(17,18)14-7-4-12(19-2)5-8-14/h4-10,16H,1-3H3. The van der Waals surface area contributed by atoms with Crippen LogP contribution in [0.3, 0.4) is 0 Å². The third kappa shape index (κ3) is 3.46. The predicted octanol–water partition coefficient (Wildman–Crippen LogP) is 2.81. The first-order chi connectivity index (χ1) is 9.96. The van der Waals surface area contributed by atoms with Gasteiger partial charge in [0.2, 0.25) is 0 Å². The van der Waals surface area contributed by atoms with Crippen LogP contribution in [0.4, 0.5) is 5.69 Å². The van der Waals surface area contributed by atoms with E-state index in [4.69, 9.17) is 9.47 Å². The van der Waals surface area contributed by atoms with Crippen LogP contribution in [-0.4, -0.2) is 22.6 Å². The van der Waals surface area contributed by atoms with Crippen LogP contribution in [-0.2, 0) is 10.0 Å². The van der Waals surface area contributed by atoms with Gasteiger partial charge in [0.05, 0.1) is 24.8 Å². The molecule has 0 saturated carbocycles. The predicted molar refractivity (Wildman–Crippen MR) is 81.5 cm³/mol. The molecule has 21 heavy (non-hydrogen) atoms. The van der Waals surface area contributed by atoms with Crippen LogP contribution in [0.15, 0.2) is 47.4 Å². The van der Waals surface area contributed by atoms with Gasteiger partial charge in [0.15, 0.2) is 0 Å². The van der Waals surface area contributed by atoms with Crippen LogP contribution in [0.2, 0.25) is 0 Å². The monoisotopic (exact) mass is 307 g/mol. The Morgan fingerprint density at radius 3 is 2.00 bits per heavy atom. The van der Waals surface area contributed by atoms with E-state index in [-0.39, 0.29) is 4.90 Å². The van der Waals surface area contributed by atoms with Gasteiger partial charge in [-0.3, -0.25) is 4.72 Å². The van der Waals surface area contributed by atoms with Crippen molar-refractivity contribution in [1.29, 1.82) is 0 Å². The van der Waals surface area contributed by atoms with E-state index in [0.29, 0.717) is 17.2 Å². The average Bonchev–Trinajstić information content (AvgIpc) is 2.49. The van der Waals surface area contributed by atoms with Gasteiger partial charge in [0.25, 0.3) is 10.0 Å². The highest BCUT2D eigenvalue weighted by molar-refractivity contribution is 7.92. The third-order valence-corrected chi connectivity index (χ3v) is 4.43. The highest BCUT2D eigenvalue weighted by Crippen LogP contribution is 2.24. The summed E-state index contributed by atoms with van der Waals surface area (Å²) in [6.07, 6.45) is 0. The van der Waals surface area contributed by atoms with Gasteiger partial charge in [-0.05, 0) is 55.0 Å². The zero-order valence-electron chi connectivity index (χ0n) is 12.1. The normalized spacial score (nSPS) is 11.0. The van der Waals surface area contributed by atoms with Gasteiger partial charge in [-0.25, -0.2) is 8.42 Å². The summed E-state index contributed by atoms with van der Waals surface area (Å²) in [5, 5.41) is 0. The smallest absolute Gasteiger partial charge is 0.261 e. The summed E-state index contributed by atoms with van der Waals surface area (Å²) in [6.45, 7) is 1.81. The minimum Gasteiger partial charge on any atom is -0.497 e. The SMILES string of the molecule is COc1ccc(S(=O)(=O)Nc2ccc(OC)cc2C)cc1. The second-order valence-electron chi connectivity index (χ2n) is 4.46. The first kappa shape index (κ1) is 15.2. The maximum Gasteiger partial charge on any atom is 0.261 e. The van der Waals surface area contributed by atoms with E-state index in [1.807, 2.05) is 6.92 Å². The van der Waals surface area contributed by atoms with Crippen molar-refractivity contribution in [1.82, 2.24) is 0 Å². The molecule has 0 fully saturated rings. The molecule has 112 valence electrons. The molecule has 6 heteroatoms. The van der Waals surface area contributed by atoms with Crippen molar-refractivity contribution in [2.24, 2.45) is 0 Å². The number of hydrogen-bond donors (Lipinski definition) is 1. The number of benzene rings is 2. The molecule has 0 unspecified atom stereocenters. The molecule has 0 aliphatic rings. The van der Waals surface area contributed by atoms with Gasteiger partial charge < -0.3 is 9.47 Å². The molecule has 1 N–H and O–H groups in total. The van der Waals surface area contributed by atoms with E-state index < -0.39 is 10.0 Å². The maximum absolute atomic E-state index is 12.3. The molecule has 0 amide bonds. The molecule has 0 heterocycles. The number of rotatable bonds is 5. The topological polar surface area (TPSA) is 64.6 Å². The molecule has 5 nitrogen and oxygen atoms in total. The molecule has 2 rings (SSSR count). The van der Waals surface area contributed by atoms with Crippen molar-refractivity contribution in [3.05, 3.63) is 48.0 Å². The quantitative estimate of drug-likeness (QED) is 0.922. The largest absolute Gasteiger partial charge is 0.497 e. The summed E-state index contributed by atoms with van der Waals surface area (Å²) in [7, 11) is -0.531. The van der Waals surface area contributed by atoms with Gasteiger partial charge in [-0.15, -0.1) is 0 Å². The van der Waals surface area contributed by atoms with E-state index in [1.54, 1.807) is 37.4 Å². The fraction of sp³-hybridized carbons (Fsp3) is 0.200. The Balaban J connectivity index is 2.28. The van der Waals surface area contributed by atoms with Gasteiger partial charge >= 0.3 is 0 Å². The number of hydrogen-bond acceptors (Lipinski definition) is 4. The number of anilines is 1. The van der Waals surface area contributed by atoms with E-state index in [2.05, 4.69) is 4.72 Å². The highest BCUT2D eigenvalue weighted by atomic mass is 32.2. The molecule has 0 aliphatic heterocycles. The fourth-order valence-electron chi connectivity index (χ4n) is 1.84. The van der Waals surface area contributed by atoms with Crippen molar-refractivity contribution >= 4 is 15.7 Å². The lowest BCUT2D eigenvalue weighted by atomic mass is 10.2.